The van der Waals surface area contributed by atoms with Crippen molar-refractivity contribution >= 4 is 5.69 Å². The third-order valence-electron chi connectivity index (χ3n) is 5.44. The second-order valence-corrected chi connectivity index (χ2v) is 6.83. The molecule has 1 fully saturated rings. The van der Waals surface area contributed by atoms with Crippen molar-refractivity contribution in [3.05, 3.63) is 65.7 Å². The quantitative estimate of drug-likeness (QED) is 0.898. The molecule has 1 saturated carbocycles. The molecule has 0 radical (unpaired) electrons. The summed E-state index contributed by atoms with van der Waals surface area (Å²) < 4.78 is 0. The predicted octanol–water partition coefficient (Wildman–Crippen LogP) is 4.03. The molecule has 5 nitrogen and oxygen atoms in total. The van der Waals surface area contributed by atoms with Crippen molar-refractivity contribution in [2.45, 2.75) is 25.3 Å². The highest BCUT2D eigenvalue weighted by molar-refractivity contribution is 5.53. The van der Waals surface area contributed by atoms with Gasteiger partial charge in [0, 0.05) is 11.6 Å². The Morgan fingerprint density at radius 2 is 1.37 bits per heavy atom. The Balaban J connectivity index is 2.13. The maximum Gasteiger partial charge on any atom is 0.195 e. The third-order valence-corrected chi connectivity index (χ3v) is 5.44. The van der Waals surface area contributed by atoms with Gasteiger partial charge in [-0.25, -0.2) is 0 Å². The largest absolute Gasteiger partial charge is 0.379 e. The van der Waals surface area contributed by atoms with Crippen LogP contribution in [0.3, 0.4) is 0 Å². The van der Waals surface area contributed by atoms with Crippen LogP contribution in [0.25, 0.3) is 0 Å². The summed E-state index contributed by atoms with van der Waals surface area (Å²) in [6, 6.07) is 24.3. The van der Waals surface area contributed by atoms with E-state index in [-0.39, 0.29) is 0 Å². The first-order valence-electron chi connectivity index (χ1n) is 8.60. The molecule has 5 heteroatoms. The van der Waals surface area contributed by atoms with Gasteiger partial charge >= 0.3 is 0 Å². The lowest BCUT2D eigenvalue weighted by molar-refractivity contribution is 0.319. The Morgan fingerprint density at radius 1 is 0.815 bits per heavy atom. The van der Waals surface area contributed by atoms with Gasteiger partial charge in [-0.05, 0) is 31.0 Å². The number of hydrogen-bond donors (Lipinski definition) is 1. The normalized spacial score (nSPS) is 21.8. The highest BCUT2D eigenvalue weighted by Gasteiger charge is 2.69. The molecule has 0 aromatic heterocycles. The van der Waals surface area contributed by atoms with E-state index in [1.165, 1.54) is 0 Å². The van der Waals surface area contributed by atoms with Crippen LogP contribution in [-0.2, 0) is 0 Å². The van der Waals surface area contributed by atoms with E-state index in [9.17, 15) is 21.0 Å². The Morgan fingerprint density at radius 3 is 1.89 bits per heavy atom. The maximum atomic E-state index is 9.96. The van der Waals surface area contributed by atoms with Crippen molar-refractivity contribution in [1.29, 1.82) is 21.0 Å². The number of hydrogen-bond acceptors (Lipinski definition) is 5. The van der Waals surface area contributed by atoms with Gasteiger partial charge in [-0.2, -0.15) is 21.0 Å². The minimum atomic E-state index is -1.79. The van der Waals surface area contributed by atoms with Gasteiger partial charge in [0.15, 0.2) is 10.8 Å². The molecule has 130 valence electrons. The monoisotopic (exact) mass is 351 g/mol. The fourth-order valence-corrected chi connectivity index (χ4v) is 3.94. The van der Waals surface area contributed by atoms with Crippen LogP contribution < -0.4 is 5.32 Å². The van der Waals surface area contributed by atoms with Crippen LogP contribution in [0.5, 0.6) is 0 Å². The highest BCUT2D eigenvalue weighted by Crippen LogP contribution is 2.60. The minimum absolute atomic E-state index is 0.333. The lowest BCUT2D eigenvalue weighted by atomic mass is 9.63. The van der Waals surface area contributed by atoms with Crippen molar-refractivity contribution in [3.8, 4) is 24.3 Å². The number of nitrogens with zero attached hydrogens (tertiary/aromatic N) is 4. The molecule has 3 rings (SSSR count). The Kier molecular flexibility index (Phi) is 4.56. The predicted molar refractivity (Wildman–Crippen MR) is 99.7 cm³/mol. The lowest BCUT2D eigenvalue weighted by Gasteiger charge is -2.31. The second-order valence-electron chi connectivity index (χ2n) is 6.83. The first-order valence-corrected chi connectivity index (χ1v) is 8.60. The number of nitrogens with one attached hydrogen (secondary N) is 1. The standard InChI is InChI=1S/C22H17N5/c1-16-7-9-18(10-8-16)27-20-11-19(17-5-3-2-4-6-17)21(12-23,13-24)22(20,14-25)15-26/h2-10,19-20,27H,11H2,1H3. The third kappa shape index (κ3) is 2.58. The summed E-state index contributed by atoms with van der Waals surface area (Å²) in [6.07, 6.45) is 0.333. The second kappa shape index (κ2) is 6.84. The molecule has 0 amide bonds. The van der Waals surface area contributed by atoms with Crippen LogP contribution in [-0.4, -0.2) is 6.04 Å². The molecule has 1 N–H and O–H groups in total. The van der Waals surface area contributed by atoms with E-state index in [2.05, 4.69) is 5.32 Å². The van der Waals surface area contributed by atoms with Gasteiger partial charge in [0.05, 0.1) is 30.3 Å². The summed E-state index contributed by atoms with van der Waals surface area (Å²) in [6.45, 7) is 1.97. The molecule has 27 heavy (non-hydrogen) atoms. The summed E-state index contributed by atoms with van der Waals surface area (Å²) in [4.78, 5) is 0. The molecule has 1 aliphatic carbocycles. The summed E-state index contributed by atoms with van der Waals surface area (Å²) in [7, 11) is 0. The Labute approximate surface area is 158 Å². The van der Waals surface area contributed by atoms with Gasteiger partial charge in [0.1, 0.15) is 0 Å². The lowest BCUT2D eigenvalue weighted by Crippen LogP contribution is -2.44. The van der Waals surface area contributed by atoms with Crippen LogP contribution in [0.1, 0.15) is 23.5 Å². The molecule has 0 aliphatic heterocycles. The fourth-order valence-electron chi connectivity index (χ4n) is 3.94. The molecule has 1 aliphatic rings. The number of rotatable bonds is 3. The SMILES string of the molecule is Cc1ccc(NC2CC(c3ccccc3)C(C#N)(C#N)C2(C#N)C#N)cc1. The molecule has 2 atom stereocenters. The molecule has 2 aromatic carbocycles. The van der Waals surface area contributed by atoms with Crippen molar-refractivity contribution in [2.24, 2.45) is 10.8 Å². The molecule has 2 aromatic rings. The van der Waals surface area contributed by atoms with Crippen molar-refractivity contribution < 1.29 is 0 Å². The van der Waals surface area contributed by atoms with E-state index in [0.29, 0.717) is 6.42 Å². The molecule has 0 heterocycles. The first-order chi connectivity index (χ1) is 13.1. The van der Waals surface area contributed by atoms with Crippen molar-refractivity contribution in [3.63, 3.8) is 0 Å². The van der Waals surface area contributed by atoms with Crippen molar-refractivity contribution in [2.75, 3.05) is 5.32 Å². The zero-order valence-corrected chi connectivity index (χ0v) is 14.8. The van der Waals surface area contributed by atoms with E-state index in [0.717, 1.165) is 16.8 Å². The topological polar surface area (TPSA) is 107 Å². The smallest absolute Gasteiger partial charge is 0.195 e. The Bertz CT molecular complexity index is 968. The first kappa shape index (κ1) is 18.0. The summed E-state index contributed by atoms with van der Waals surface area (Å²) in [5, 5.41) is 43.1. The highest BCUT2D eigenvalue weighted by atomic mass is 15.0. The molecule has 0 saturated heterocycles. The van der Waals surface area contributed by atoms with Gasteiger partial charge in [-0.1, -0.05) is 48.0 Å². The number of nitriles is 4. The van der Waals surface area contributed by atoms with E-state index >= 15 is 0 Å². The van der Waals surface area contributed by atoms with Crippen LogP contribution in [0.2, 0.25) is 0 Å². The number of benzene rings is 2. The van der Waals surface area contributed by atoms with Crippen LogP contribution in [0.4, 0.5) is 5.69 Å². The van der Waals surface area contributed by atoms with Gasteiger partial charge in [0.25, 0.3) is 0 Å². The zero-order valence-electron chi connectivity index (χ0n) is 14.8. The van der Waals surface area contributed by atoms with E-state index in [1.54, 1.807) is 0 Å². The zero-order chi connectivity index (χ0) is 19.5. The minimum Gasteiger partial charge on any atom is -0.379 e. The molecular weight excluding hydrogens is 334 g/mol. The van der Waals surface area contributed by atoms with Gasteiger partial charge < -0.3 is 5.32 Å². The summed E-state index contributed by atoms with van der Waals surface area (Å²) >= 11 is 0. The Hall–Kier alpha value is -3.80. The summed E-state index contributed by atoms with van der Waals surface area (Å²) in [5.41, 5.74) is -0.936. The maximum absolute atomic E-state index is 9.96. The van der Waals surface area contributed by atoms with Crippen molar-refractivity contribution in [1.82, 2.24) is 0 Å². The van der Waals surface area contributed by atoms with Crippen LogP contribution in [0.15, 0.2) is 54.6 Å². The van der Waals surface area contributed by atoms with Crippen LogP contribution in [0, 0.1) is 63.1 Å². The molecule has 0 bridgehead atoms. The number of anilines is 1. The van der Waals surface area contributed by atoms with Crippen LogP contribution >= 0.6 is 0 Å². The molecule has 0 spiro atoms. The summed E-state index contributed by atoms with van der Waals surface area (Å²) in [5.74, 6) is -0.545. The molecule has 2 unspecified atom stereocenters. The van der Waals surface area contributed by atoms with E-state index < -0.39 is 22.8 Å². The van der Waals surface area contributed by atoms with Gasteiger partial charge in [-0.3, -0.25) is 0 Å². The molecular formula is C22H17N5. The van der Waals surface area contributed by atoms with E-state index in [1.807, 2.05) is 85.8 Å². The van der Waals surface area contributed by atoms with E-state index in [4.69, 9.17) is 0 Å². The number of aryl methyl sites for hydroxylation is 1. The van der Waals surface area contributed by atoms with Gasteiger partial charge in [-0.15, -0.1) is 0 Å². The average Bonchev–Trinajstić information content (AvgIpc) is 3.00. The fraction of sp³-hybridized carbons (Fsp3) is 0.273. The average molecular weight is 351 g/mol. The van der Waals surface area contributed by atoms with Gasteiger partial charge in [0.2, 0.25) is 0 Å².